The third-order valence-corrected chi connectivity index (χ3v) is 3.69. The Balaban J connectivity index is 2.15. The Morgan fingerprint density at radius 3 is 2.68 bits per heavy atom. The molecule has 0 radical (unpaired) electrons. The van der Waals surface area contributed by atoms with Gasteiger partial charge in [0.15, 0.2) is 0 Å². The van der Waals surface area contributed by atoms with Gasteiger partial charge in [-0.25, -0.2) is 0 Å². The summed E-state index contributed by atoms with van der Waals surface area (Å²) in [6.07, 6.45) is 0.558. The average Bonchev–Trinajstić information content (AvgIpc) is 2.40. The van der Waals surface area contributed by atoms with E-state index in [1.807, 2.05) is 18.7 Å². The first kappa shape index (κ1) is 14.0. The van der Waals surface area contributed by atoms with Crippen molar-refractivity contribution >= 4 is 5.97 Å². The van der Waals surface area contributed by atoms with Crippen LogP contribution >= 0.6 is 0 Å². The van der Waals surface area contributed by atoms with Crippen LogP contribution in [0.2, 0.25) is 0 Å². The van der Waals surface area contributed by atoms with Gasteiger partial charge in [0.2, 0.25) is 0 Å². The topological polar surface area (TPSA) is 49.8 Å². The molecule has 1 aromatic carbocycles. The van der Waals surface area contributed by atoms with Crippen molar-refractivity contribution in [2.75, 3.05) is 26.3 Å². The molecule has 4 nitrogen and oxygen atoms in total. The Morgan fingerprint density at radius 1 is 1.37 bits per heavy atom. The molecule has 1 heterocycles. The van der Waals surface area contributed by atoms with Gasteiger partial charge in [0.05, 0.1) is 13.2 Å². The first-order chi connectivity index (χ1) is 9.08. The van der Waals surface area contributed by atoms with E-state index in [0.29, 0.717) is 32.7 Å². The average molecular weight is 263 g/mol. The van der Waals surface area contributed by atoms with Crippen LogP contribution in [0.15, 0.2) is 18.2 Å². The molecule has 1 fully saturated rings. The lowest BCUT2D eigenvalue weighted by molar-refractivity contribution is -0.145. The minimum absolute atomic E-state index is 0.454. The summed E-state index contributed by atoms with van der Waals surface area (Å²) >= 11 is 0. The second-order valence-electron chi connectivity index (χ2n) is 5.14. The third-order valence-electron chi connectivity index (χ3n) is 3.69. The first-order valence-electron chi connectivity index (χ1n) is 6.68. The van der Waals surface area contributed by atoms with E-state index in [4.69, 9.17) is 4.74 Å². The van der Waals surface area contributed by atoms with E-state index in [-0.39, 0.29) is 0 Å². The summed E-state index contributed by atoms with van der Waals surface area (Å²) in [5.74, 6) is -0.747. The molecule has 1 aliphatic rings. The molecule has 0 aromatic heterocycles. The quantitative estimate of drug-likeness (QED) is 0.897. The summed E-state index contributed by atoms with van der Waals surface area (Å²) in [7, 11) is 0. The van der Waals surface area contributed by atoms with Gasteiger partial charge in [0, 0.05) is 13.1 Å². The van der Waals surface area contributed by atoms with Crippen LogP contribution in [0.5, 0.6) is 0 Å². The van der Waals surface area contributed by atoms with Gasteiger partial charge in [0.25, 0.3) is 0 Å². The summed E-state index contributed by atoms with van der Waals surface area (Å²) in [4.78, 5) is 13.5. The molecule has 19 heavy (non-hydrogen) atoms. The van der Waals surface area contributed by atoms with Crippen molar-refractivity contribution in [2.45, 2.75) is 26.3 Å². The van der Waals surface area contributed by atoms with Crippen molar-refractivity contribution in [1.82, 2.24) is 4.90 Å². The second-order valence-corrected chi connectivity index (χ2v) is 5.14. The number of carboxylic acid groups (broad SMARTS) is 1. The molecule has 1 saturated heterocycles. The lowest BCUT2D eigenvalue weighted by atomic mass is 9.98. The standard InChI is InChI=1S/C15H21NO3/c1-11-3-4-12(2)13(9-11)10-14(15(17)18)16-5-7-19-8-6-16/h3-4,9,14H,5-8,10H2,1-2H3,(H,17,18). The monoisotopic (exact) mass is 263 g/mol. The van der Waals surface area contributed by atoms with E-state index in [0.717, 1.165) is 11.1 Å². The number of carbonyl (C=O) groups is 1. The molecule has 0 saturated carbocycles. The summed E-state index contributed by atoms with van der Waals surface area (Å²) in [5.41, 5.74) is 3.45. The predicted octanol–water partition coefficient (Wildman–Crippen LogP) is 1.63. The van der Waals surface area contributed by atoms with E-state index < -0.39 is 12.0 Å². The van der Waals surface area contributed by atoms with Crippen LogP contribution in [0.4, 0.5) is 0 Å². The minimum Gasteiger partial charge on any atom is -0.480 e. The minimum atomic E-state index is -0.747. The Kier molecular flexibility index (Phi) is 4.56. The summed E-state index contributed by atoms with van der Waals surface area (Å²) in [6.45, 7) is 6.71. The predicted molar refractivity (Wildman–Crippen MR) is 73.4 cm³/mol. The molecule has 2 rings (SSSR count). The van der Waals surface area contributed by atoms with Crippen LogP contribution in [0.3, 0.4) is 0 Å². The van der Waals surface area contributed by atoms with E-state index in [1.165, 1.54) is 5.56 Å². The third kappa shape index (κ3) is 3.55. The zero-order valence-electron chi connectivity index (χ0n) is 11.6. The van der Waals surface area contributed by atoms with Crippen LogP contribution in [0.25, 0.3) is 0 Å². The molecule has 0 spiro atoms. The van der Waals surface area contributed by atoms with Crippen molar-refractivity contribution in [1.29, 1.82) is 0 Å². The second kappa shape index (κ2) is 6.17. The molecule has 4 heteroatoms. The Hall–Kier alpha value is -1.39. The number of nitrogens with zero attached hydrogens (tertiary/aromatic N) is 1. The number of morpholine rings is 1. The summed E-state index contributed by atoms with van der Waals surface area (Å²) in [5, 5.41) is 9.46. The van der Waals surface area contributed by atoms with Gasteiger partial charge in [-0.15, -0.1) is 0 Å². The molecule has 104 valence electrons. The summed E-state index contributed by atoms with van der Waals surface area (Å²) in [6, 6.07) is 5.75. The lowest BCUT2D eigenvalue weighted by Crippen LogP contribution is -2.48. The number of rotatable bonds is 4. The number of hydrogen-bond acceptors (Lipinski definition) is 3. The fourth-order valence-electron chi connectivity index (χ4n) is 2.49. The van der Waals surface area contributed by atoms with E-state index in [9.17, 15) is 9.90 Å². The van der Waals surface area contributed by atoms with Gasteiger partial charge in [-0.3, -0.25) is 9.69 Å². The van der Waals surface area contributed by atoms with Crippen LogP contribution in [0, 0.1) is 13.8 Å². The highest BCUT2D eigenvalue weighted by Gasteiger charge is 2.27. The van der Waals surface area contributed by atoms with Crippen molar-refractivity contribution < 1.29 is 14.6 Å². The molecular weight excluding hydrogens is 242 g/mol. The number of aryl methyl sites for hydroxylation is 2. The Morgan fingerprint density at radius 2 is 2.05 bits per heavy atom. The highest BCUT2D eigenvalue weighted by molar-refractivity contribution is 5.74. The molecule has 1 aromatic rings. The molecule has 0 amide bonds. The Labute approximate surface area is 114 Å². The fraction of sp³-hybridized carbons (Fsp3) is 0.533. The van der Waals surface area contributed by atoms with Gasteiger partial charge in [-0.1, -0.05) is 23.8 Å². The Bertz CT molecular complexity index is 453. The molecular formula is C15H21NO3. The van der Waals surface area contributed by atoms with Crippen LogP contribution in [-0.4, -0.2) is 48.3 Å². The molecule has 1 aliphatic heterocycles. The molecule has 1 atom stereocenters. The van der Waals surface area contributed by atoms with Gasteiger partial charge < -0.3 is 9.84 Å². The number of hydrogen-bond donors (Lipinski definition) is 1. The number of benzene rings is 1. The van der Waals surface area contributed by atoms with Crippen LogP contribution in [0.1, 0.15) is 16.7 Å². The maximum absolute atomic E-state index is 11.5. The fourth-order valence-corrected chi connectivity index (χ4v) is 2.49. The van der Waals surface area contributed by atoms with Crippen LogP contribution < -0.4 is 0 Å². The van der Waals surface area contributed by atoms with Gasteiger partial charge in [-0.05, 0) is 31.4 Å². The highest BCUT2D eigenvalue weighted by Crippen LogP contribution is 2.16. The smallest absolute Gasteiger partial charge is 0.321 e. The molecule has 0 bridgehead atoms. The highest BCUT2D eigenvalue weighted by atomic mass is 16.5. The zero-order valence-corrected chi connectivity index (χ0v) is 11.6. The van der Waals surface area contributed by atoms with E-state index >= 15 is 0 Å². The van der Waals surface area contributed by atoms with Gasteiger partial charge >= 0.3 is 5.97 Å². The van der Waals surface area contributed by atoms with Crippen molar-refractivity contribution in [3.63, 3.8) is 0 Å². The largest absolute Gasteiger partial charge is 0.480 e. The van der Waals surface area contributed by atoms with E-state index in [1.54, 1.807) is 0 Å². The van der Waals surface area contributed by atoms with Crippen molar-refractivity contribution in [3.8, 4) is 0 Å². The molecule has 0 aliphatic carbocycles. The van der Waals surface area contributed by atoms with Crippen molar-refractivity contribution in [2.24, 2.45) is 0 Å². The SMILES string of the molecule is Cc1ccc(C)c(CC(C(=O)O)N2CCOCC2)c1. The van der Waals surface area contributed by atoms with Crippen LogP contribution in [-0.2, 0) is 16.0 Å². The number of aliphatic carboxylic acids is 1. The lowest BCUT2D eigenvalue weighted by Gasteiger charge is -2.32. The molecule has 1 unspecified atom stereocenters. The van der Waals surface area contributed by atoms with Crippen molar-refractivity contribution in [3.05, 3.63) is 34.9 Å². The normalized spacial score (nSPS) is 18.2. The van der Waals surface area contributed by atoms with Gasteiger partial charge in [0.1, 0.15) is 6.04 Å². The van der Waals surface area contributed by atoms with Gasteiger partial charge in [-0.2, -0.15) is 0 Å². The first-order valence-corrected chi connectivity index (χ1v) is 6.68. The number of carboxylic acids is 1. The molecule has 1 N–H and O–H groups in total. The maximum Gasteiger partial charge on any atom is 0.321 e. The summed E-state index contributed by atoms with van der Waals surface area (Å²) < 4.78 is 5.29. The maximum atomic E-state index is 11.5. The zero-order chi connectivity index (χ0) is 13.8. The van der Waals surface area contributed by atoms with E-state index in [2.05, 4.69) is 18.2 Å². The number of ether oxygens (including phenoxy) is 1.